The van der Waals surface area contributed by atoms with E-state index in [9.17, 15) is 9.90 Å². The number of nitrogens with two attached hydrogens (primary N) is 1. The Bertz CT molecular complexity index is 166. The standard InChI is InChI=1S/C7H14N2O3/c8-6(10)12-5-7(11)1-3-9-4-2-7/h9,11H,1-5H2,(H2,8,10). The Morgan fingerprint density at radius 1 is 1.58 bits per heavy atom. The summed E-state index contributed by atoms with van der Waals surface area (Å²) in [6, 6.07) is 0. The third-order valence-electron chi connectivity index (χ3n) is 2.02. The molecule has 0 radical (unpaired) electrons. The highest BCUT2D eigenvalue weighted by molar-refractivity contribution is 5.64. The SMILES string of the molecule is NC(=O)OCC1(O)CCNCC1. The van der Waals surface area contributed by atoms with Crippen molar-refractivity contribution in [1.29, 1.82) is 0 Å². The van der Waals surface area contributed by atoms with Gasteiger partial charge in [-0.1, -0.05) is 0 Å². The van der Waals surface area contributed by atoms with E-state index >= 15 is 0 Å². The van der Waals surface area contributed by atoms with Gasteiger partial charge in [0.05, 0.1) is 0 Å². The predicted molar refractivity (Wildman–Crippen MR) is 42.6 cm³/mol. The summed E-state index contributed by atoms with van der Waals surface area (Å²) in [5.74, 6) is 0. The van der Waals surface area contributed by atoms with Crippen molar-refractivity contribution in [3.8, 4) is 0 Å². The summed E-state index contributed by atoms with van der Waals surface area (Å²) in [6.45, 7) is 1.50. The molecule has 5 nitrogen and oxygen atoms in total. The Balaban J connectivity index is 2.31. The van der Waals surface area contributed by atoms with Gasteiger partial charge < -0.3 is 20.9 Å². The van der Waals surface area contributed by atoms with E-state index in [-0.39, 0.29) is 6.61 Å². The molecule has 1 rings (SSSR count). The minimum atomic E-state index is -0.875. The van der Waals surface area contributed by atoms with Crippen LogP contribution in [0.4, 0.5) is 4.79 Å². The first kappa shape index (κ1) is 9.28. The molecular weight excluding hydrogens is 160 g/mol. The average Bonchev–Trinajstić information content (AvgIpc) is 2.03. The summed E-state index contributed by atoms with van der Waals surface area (Å²) in [7, 11) is 0. The first-order chi connectivity index (χ1) is 5.62. The first-order valence-electron chi connectivity index (χ1n) is 3.98. The number of piperidine rings is 1. The fourth-order valence-corrected chi connectivity index (χ4v) is 1.24. The average molecular weight is 174 g/mol. The van der Waals surface area contributed by atoms with Crippen LogP contribution in [-0.2, 0) is 4.74 Å². The summed E-state index contributed by atoms with van der Waals surface area (Å²) in [6.07, 6.45) is 0.363. The largest absolute Gasteiger partial charge is 0.447 e. The van der Waals surface area contributed by atoms with Crippen molar-refractivity contribution in [1.82, 2.24) is 5.32 Å². The number of aliphatic hydroxyl groups is 1. The molecule has 1 amide bonds. The Morgan fingerprint density at radius 2 is 2.17 bits per heavy atom. The predicted octanol–water partition coefficient (Wildman–Crippen LogP) is -0.804. The van der Waals surface area contributed by atoms with Gasteiger partial charge in [0.15, 0.2) is 0 Å². The Hall–Kier alpha value is -0.810. The lowest BCUT2D eigenvalue weighted by Gasteiger charge is -2.31. The molecule has 1 fully saturated rings. The second-order valence-electron chi connectivity index (χ2n) is 3.08. The zero-order valence-corrected chi connectivity index (χ0v) is 6.88. The van der Waals surface area contributed by atoms with Crippen LogP contribution in [0.25, 0.3) is 0 Å². The van der Waals surface area contributed by atoms with Gasteiger partial charge in [0.1, 0.15) is 12.2 Å². The van der Waals surface area contributed by atoms with Crippen LogP contribution in [0.5, 0.6) is 0 Å². The number of ether oxygens (including phenoxy) is 1. The van der Waals surface area contributed by atoms with E-state index in [0.717, 1.165) is 13.1 Å². The molecule has 12 heavy (non-hydrogen) atoms. The minimum Gasteiger partial charge on any atom is -0.447 e. The molecule has 0 aromatic carbocycles. The highest BCUT2D eigenvalue weighted by Crippen LogP contribution is 2.17. The molecule has 1 aliphatic rings. The van der Waals surface area contributed by atoms with E-state index in [4.69, 9.17) is 5.73 Å². The molecule has 0 aromatic heterocycles. The molecule has 1 aliphatic heterocycles. The van der Waals surface area contributed by atoms with Crippen molar-refractivity contribution >= 4 is 6.09 Å². The van der Waals surface area contributed by atoms with E-state index in [1.54, 1.807) is 0 Å². The van der Waals surface area contributed by atoms with Gasteiger partial charge in [-0.3, -0.25) is 0 Å². The van der Waals surface area contributed by atoms with Crippen LogP contribution in [0.1, 0.15) is 12.8 Å². The van der Waals surface area contributed by atoms with Crippen LogP contribution < -0.4 is 11.1 Å². The Kier molecular flexibility index (Phi) is 2.88. The zero-order chi connectivity index (χ0) is 9.03. The number of hydrogen-bond donors (Lipinski definition) is 3. The second-order valence-corrected chi connectivity index (χ2v) is 3.08. The highest BCUT2D eigenvalue weighted by Gasteiger charge is 2.30. The van der Waals surface area contributed by atoms with E-state index in [1.807, 2.05) is 0 Å². The quantitative estimate of drug-likeness (QED) is 0.511. The van der Waals surface area contributed by atoms with Crippen LogP contribution in [-0.4, -0.2) is 36.5 Å². The molecule has 4 N–H and O–H groups in total. The summed E-state index contributed by atoms with van der Waals surface area (Å²) in [5, 5.41) is 12.8. The molecule has 0 spiro atoms. The topological polar surface area (TPSA) is 84.6 Å². The van der Waals surface area contributed by atoms with Crippen molar-refractivity contribution in [2.75, 3.05) is 19.7 Å². The van der Waals surface area contributed by atoms with Crippen LogP contribution in [0.2, 0.25) is 0 Å². The number of hydrogen-bond acceptors (Lipinski definition) is 4. The molecule has 0 aromatic rings. The third-order valence-corrected chi connectivity index (χ3v) is 2.02. The van der Waals surface area contributed by atoms with Crippen molar-refractivity contribution < 1.29 is 14.6 Å². The number of carbonyl (C=O) groups is 1. The summed E-state index contributed by atoms with van der Waals surface area (Å²) < 4.78 is 4.55. The van der Waals surface area contributed by atoms with E-state index in [0.29, 0.717) is 12.8 Å². The minimum absolute atomic E-state index is 0.00398. The van der Waals surface area contributed by atoms with Crippen LogP contribution in [0.15, 0.2) is 0 Å². The molecule has 0 unspecified atom stereocenters. The normalized spacial score (nSPS) is 21.8. The molecule has 1 saturated heterocycles. The Labute approximate surface area is 70.9 Å². The number of carbonyl (C=O) groups excluding carboxylic acids is 1. The van der Waals surface area contributed by atoms with Crippen molar-refractivity contribution in [3.05, 3.63) is 0 Å². The van der Waals surface area contributed by atoms with Gasteiger partial charge in [0.25, 0.3) is 0 Å². The van der Waals surface area contributed by atoms with Crippen molar-refractivity contribution in [2.24, 2.45) is 5.73 Å². The van der Waals surface area contributed by atoms with Gasteiger partial charge in [-0.25, -0.2) is 4.79 Å². The summed E-state index contributed by atoms with van der Waals surface area (Å²) >= 11 is 0. The second kappa shape index (κ2) is 3.73. The maximum absolute atomic E-state index is 10.3. The molecule has 5 heteroatoms. The van der Waals surface area contributed by atoms with Gasteiger partial charge >= 0.3 is 6.09 Å². The van der Waals surface area contributed by atoms with Gasteiger partial charge in [-0.05, 0) is 25.9 Å². The monoisotopic (exact) mass is 174 g/mol. The molecule has 70 valence electrons. The number of nitrogens with one attached hydrogen (secondary N) is 1. The fourth-order valence-electron chi connectivity index (χ4n) is 1.24. The van der Waals surface area contributed by atoms with Crippen LogP contribution in [0.3, 0.4) is 0 Å². The molecule has 0 saturated carbocycles. The number of amides is 1. The molecule has 1 heterocycles. The van der Waals surface area contributed by atoms with E-state index < -0.39 is 11.7 Å². The molecule has 0 bridgehead atoms. The van der Waals surface area contributed by atoms with Gasteiger partial charge in [-0.2, -0.15) is 0 Å². The zero-order valence-electron chi connectivity index (χ0n) is 6.88. The van der Waals surface area contributed by atoms with E-state index in [1.165, 1.54) is 0 Å². The summed E-state index contributed by atoms with van der Waals surface area (Å²) in [5.41, 5.74) is 3.91. The van der Waals surface area contributed by atoms with Gasteiger partial charge in [0.2, 0.25) is 0 Å². The lowest BCUT2D eigenvalue weighted by Crippen LogP contribution is -2.45. The van der Waals surface area contributed by atoms with E-state index in [2.05, 4.69) is 10.1 Å². The lowest BCUT2D eigenvalue weighted by atomic mass is 9.94. The van der Waals surface area contributed by atoms with Crippen LogP contribution >= 0.6 is 0 Å². The van der Waals surface area contributed by atoms with Gasteiger partial charge in [-0.15, -0.1) is 0 Å². The lowest BCUT2D eigenvalue weighted by molar-refractivity contribution is -0.0407. The smallest absolute Gasteiger partial charge is 0.404 e. The Morgan fingerprint density at radius 3 is 2.67 bits per heavy atom. The van der Waals surface area contributed by atoms with Gasteiger partial charge in [0, 0.05) is 0 Å². The molecule has 0 aliphatic carbocycles. The first-order valence-corrected chi connectivity index (χ1v) is 3.98. The van der Waals surface area contributed by atoms with Crippen molar-refractivity contribution in [3.63, 3.8) is 0 Å². The third kappa shape index (κ3) is 2.67. The van der Waals surface area contributed by atoms with Crippen LogP contribution in [0, 0.1) is 0 Å². The molecule has 0 atom stereocenters. The number of rotatable bonds is 2. The number of primary amides is 1. The highest BCUT2D eigenvalue weighted by atomic mass is 16.6. The maximum Gasteiger partial charge on any atom is 0.404 e. The van der Waals surface area contributed by atoms with Crippen molar-refractivity contribution in [2.45, 2.75) is 18.4 Å². The molecular formula is C7H14N2O3. The fraction of sp³-hybridized carbons (Fsp3) is 0.857. The maximum atomic E-state index is 10.3. The summed E-state index contributed by atoms with van der Waals surface area (Å²) in [4.78, 5) is 10.3.